The molecule has 1 aromatic carbocycles. The Hall–Kier alpha value is -1.46. The maximum Gasteiger partial charge on any atom is 0.274 e. The smallest absolute Gasteiger partial charge is 0.267 e. The topological polar surface area (TPSA) is 34.9 Å². The average molecular weight is 321 g/mol. The molecular weight excluding hydrogens is 312 g/mol. The lowest BCUT2D eigenvalue weighted by Crippen LogP contribution is -2.22. The van der Waals surface area contributed by atoms with Crippen molar-refractivity contribution in [3.05, 3.63) is 61.6 Å². The van der Waals surface area contributed by atoms with Gasteiger partial charge in [0, 0.05) is 20.1 Å². The van der Waals surface area contributed by atoms with E-state index in [0.29, 0.717) is 11.9 Å². The minimum absolute atomic E-state index is 0.0439. The number of hydrogen-bond acceptors (Lipinski definition) is 3. The molecule has 0 radical (unpaired) electrons. The minimum atomic E-state index is -0.0439. The Morgan fingerprint density at radius 3 is 2.94 bits per heavy atom. The van der Waals surface area contributed by atoms with E-state index in [1.165, 1.54) is 4.68 Å². The van der Waals surface area contributed by atoms with Crippen molar-refractivity contribution >= 4 is 38.0 Å². The highest BCUT2D eigenvalue weighted by Gasteiger charge is 2.05. The SMILES string of the molecule is O=c1c2ccccc2cnn1Cc1cc(Br)cs1. The summed E-state index contributed by atoms with van der Waals surface area (Å²) in [6, 6.07) is 9.52. The van der Waals surface area contributed by atoms with Crippen LogP contribution in [0.5, 0.6) is 0 Å². The molecule has 5 heteroatoms. The summed E-state index contributed by atoms with van der Waals surface area (Å²) in [5.74, 6) is 0. The maximum atomic E-state index is 12.2. The molecule has 0 fully saturated rings. The highest BCUT2D eigenvalue weighted by molar-refractivity contribution is 9.10. The molecule has 3 nitrogen and oxygen atoms in total. The summed E-state index contributed by atoms with van der Waals surface area (Å²) in [7, 11) is 0. The molecule has 0 bridgehead atoms. The van der Waals surface area contributed by atoms with Crippen LogP contribution < -0.4 is 5.56 Å². The van der Waals surface area contributed by atoms with Crippen LogP contribution in [0, 0.1) is 0 Å². The molecule has 2 heterocycles. The van der Waals surface area contributed by atoms with E-state index in [1.54, 1.807) is 17.5 Å². The quantitative estimate of drug-likeness (QED) is 0.726. The van der Waals surface area contributed by atoms with Crippen molar-refractivity contribution < 1.29 is 0 Å². The molecule has 0 amide bonds. The van der Waals surface area contributed by atoms with Crippen molar-refractivity contribution in [2.45, 2.75) is 6.54 Å². The van der Waals surface area contributed by atoms with Gasteiger partial charge in [-0.25, -0.2) is 4.68 Å². The Morgan fingerprint density at radius 1 is 1.33 bits per heavy atom. The molecule has 0 aliphatic heterocycles. The second-order valence-corrected chi connectivity index (χ2v) is 5.84. The van der Waals surface area contributed by atoms with E-state index in [9.17, 15) is 4.79 Å². The second kappa shape index (κ2) is 4.66. The third kappa shape index (κ3) is 2.11. The molecule has 0 aliphatic rings. The highest BCUT2D eigenvalue weighted by atomic mass is 79.9. The number of fused-ring (bicyclic) bond motifs is 1. The van der Waals surface area contributed by atoms with Crippen LogP contribution in [0.15, 0.2) is 51.2 Å². The zero-order valence-electron chi connectivity index (χ0n) is 9.34. The van der Waals surface area contributed by atoms with Crippen molar-refractivity contribution in [1.29, 1.82) is 0 Å². The Bertz CT molecular complexity index is 763. The van der Waals surface area contributed by atoms with Crippen LogP contribution in [0.4, 0.5) is 0 Å². The standard InChI is InChI=1S/C13H9BrN2OS/c14-10-5-11(18-8-10)7-16-13(17)12-4-2-1-3-9(12)6-15-16/h1-6,8H,7H2. The fourth-order valence-electron chi connectivity index (χ4n) is 1.82. The van der Waals surface area contributed by atoms with Crippen LogP contribution >= 0.6 is 27.3 Å². The molecule has 0 saturated carbocycles. The van der Waals surface area contributed by atoms with Crippen LogP contribution in [0.1, 0.15) is 4.88 Å². The summed E-state index contributed by atoms with van der Waals surface area (Å²) >= 11 is 5.02. The minimum Gasteiger partial charge on any atom is -0.267 e. The second-order valence-electron chi connectivity index (χ2n) is 3.93. The van der Waals surface area contributed by atoms with Gasteiger partial charge in [-0.3, -0.25) is 4.79 Å². The molecule has 2 aromatic heterocycles. The zero-order valence-corrected chi connectivity index (χ0v) is 11.7. The largest absolute Gasteiger partial charge is 0.274 e. The number of halogens is 1. The lowest BCUT2D eigenvalue weighted by atomic mass is 10.2. The van der Waals surface area contributed by atoms with Crippen LogP contribution in [0.3, 0.4) is 0 Å². The van der Waals surface area contributed by atoms with E-state index in [0.717, 1.165) is 14.7 Å². The van der Waals surface area contributed by atoms with Gasteiger partial charge in [0.2, 0.25) is 0 Å². The summed E-state index contributed by atoms with van der Waals surface area (Å²) in [5, 5.41) is 7.80. The molecule has 90 valence electrons. The predicted molar refractivity (Wildman–Crippen MR) is 77.1 cm³/mol. The van der Waals surface area contributed by atoms with Crippen LogP contribution in [0.2, 0.25) is 0 Å². The molecule has 0 atom stereocenters. The molecule has 0 spiro atoms. The van der Waals surface area contributed by atoms with E-state index >= 15 is 0 Å². The van der Waals surface area contributed by atoms with Crippen LogP contribution in [-0.4, -0.2) is 9.78 Å². The third-order valence-corrected chi connectivity index (χ3v) is 4.37. The molecular formula is C13H9BrN2OS. The number of aromatic nitrogens is 2. The lowest BCUT2D eigenvalue weighted by Gasteiger charge is -2.03. The summed E-state index contributed by atoms with van der Waals surface area (Å²) in [6.45, 7) is 0.514. The number of benzene rings is 1. The van der Waals surface area contributed by atoms with Gasteiger partial charge in [0.15, 0.2) is 0 Å². The van der Waals surface area contributed by atoms with E-state index in [4.69, 9.17) is 0 Å². The number of hydrogen-bond donors (Lipinski definition) is 0. The zero-order chi connectivity index (χ0) is 12.5. The van der Waals surface area contributed by atoms with E-state index < -0.39 is 0 Å². The number of nitrogens with zero attached hydrogens (tertiary/aromatic N) is 2. The van der Waals surface area contributed by atoms with Gasteiger partial charge < -0.3 is 0 Å². The molecule has 3 rings (SSSR count). The average Bonchev–Trinajstić information content (AvgIpc) is 2.79. The van der Waals surface area contributed by atoms with Gasteiger partial charge in [-0.05, 0) is 28.1 Å². The summed E-state index contributed by atoms with van der Waals surface area (Å²) < 4.78 is 2.54. The van der Waals surface area contributed by atoms with Crippen molar-refractivity contribution in [1.82, 2.24) is 9.78 Å². The fourth-order valence-corrected chi connectivity index (χ4v) is 3.26. The van der Waals surface area contributed by atoms with Crippen molar-refractivity contribution in [3.8, 4) is 0 Å². The molecule has 0 saturated heterocycles. The summed E-state index contributed by atoms with van der Waals surface area (Å²) in [5.41, 5.74) is -0.0439. The normalized spacial score (nSPS) is 10.9. The van der Waals surface area contributed by atoms with Crippen molar-refractivity contribution in [2.75, 3.05) is 0 Å². The van der Waals surface area contributed by atoms with Crippen LogP contribution in [0.25, 0.3) is 10.8 Å². The number of rotatable bonds is 2. The Labute approximate surface area is 116 Å². The third-order valence-electron chi connectivity index (χ3n) is 2.69. The number of thiophene rings is 1. The summed E-state index contributed by atoms with van der Waals surface area (Å²) in [6.07, 6.45) is 1.74. The van der Waals surface area contributed by atoms with Crippen LogP contribution in [-0.2, 0) is 6.54 Å². The van der Waals surface area contributed by atoms with Crippen molar-refractivity contribution in [2.24, 2.45) is 0 Å². The fraction of sp³-hybridized carbons (Fsp3) is 0.0769. The molecule has 0 aliphatic carbocycles. The Balaban J connectivity index is 2.08. The first-order valence-corrected chi connectivity index (χ1v) is 7.09. The van der Waals surface area contributed by atoms with Gasteiger partial charge in [0.1, 0.15) is 0 Å². The van der Waals surface area contributed by atoms with Gasteiger partial charge in [-0.2, -0.15) is 5.10 Å². The van der Waals surface area contributed by atoms with E-state index in [1.807, 2.05) is 35.7 Å². The molecule has 0 unspecified atom stereocenters. The van der Waals surface area contributed by atoms with Gasteiger partial charge in [-0.1, -0.05) is 18.2 Å². The Kier molecular flexibility index (Phi) is 3.01. The van der Waals surface area contributed by atoms with E-state index in [2.05, 4.69) is 21.0 Å². The van der Waals surface area contributed by atoms with E-state index in [-0.39, 0.29) is 5.56 Å². The lowest BCUT2D eigenvalue weighted by molar-refractivity contribution is 0.654. The molecule has 18 heavy (non-hydrogen) atoms. The predicted octanol–water partition coefficient (Wildman–Crippen LogP) is 3.27. The Morgan fingerprint density at radius 2 is 2.17 bits per heavy atom. The maximum absolute atomic E-state index is 12.2. The van der Waals surface area contributed by atoms with Gasteiger partial charge in [0.25, 0.3) is 5.56 Å². The first-order valence-electron chi connectivity index (χ1n) is 5.42. The molecule has 3 aromatic rings. The van der Waals surface area contributed by atoms with Gasteiger partial charge in [0.05, 0.1) is 18.1 Å². The first-order chi connectivity index (χ1) is 8.74. The highest BCUT2D eigenvalue weighted by Crippen LogP contribution is 2.20. The van der Waals surface area contributed by atoms with Gasteiger partial charge >= 0.3 is 0 Å². The first kappa shape index (κ1) is 11.6. The van der Waals surface area contributed by atoms with Crippen molar-refractivity contribution in [3.63, 3.8) is 0 Å². The molecule has 0 N–H and O–H groups in total. The summed E-state index contributed by atoms with van der Waals surface area (Å²) in [4.78, 5) is 13.3. The monoisotopic (exact) mass is 320 g/mol. The van der Waals surface area contributed by atoms with Gasteiger partial charge in [-0.15, -0.1) is 11.3 Å².